The van der Waals surface area contributed by atoms with Crippen LogP contribution in [-0.2, 0) is 4.79 Å². The first-order valence-corrected chi connectivity index (χ1v) is 5.15. The third kappa shape index (κ3) is 2.87. The highest BCUT2D eigenvalue weighted by Crippen LogP contribution is 2.26. The van der Waals surface area contributed by atoms with Crippen molar-refractivity contribution >= 4 is 5.97 Å². The van der Waals surface area contributed by atoms with Gasteiger partial charge < -0.3 is 5.11 Å². The Hall–Kier alpha value is -0.790. The van der Waals surface area contributed by atoms with Crippen LogP contribution in [0.5, 0.6) is 0 Å². The standard InChI is InChI=1S/C11H18O2/c1-2-10(11(12)13)9-7-5-3-4-6-8-9/h5,7,9-10H,2-4,6,8H2,1H3,(H,12,13). The van der Waals surface area contributed by atoms with E-state index in [0.717, 1.165) is 19.3 Å². The van der Waals surface area contributed by atoms with Crippen LogP contribution in [-0.4, -0.2) is 11.1 Å². The smallest absolute Gasteiger partial charge is 0.307 e. The SMILES string of the molecule is CCC(C(=O)O)C1C=CCCCC1. The Morgan fingerprint density at radius 3 is 3.00 bits per heavy atom. The summed E-state index contributed by atoms with van der Waals surface area (Å²) in [6.45, 7) is 1.96. The van der Waals surface area contributed by atoms with Crippen molar-refractivity contribution in [3.8, 4) is 0 Å². The quantitative estimate of drug-likeness (QED) is 0.681. The van der Waals surface area contributed by atoms with Crippen LogP contribution >= 0.6 is 0 Å². The van der Waals surface area contributed by atoms with Crippen LogP contribution in [0.4, 0.5) is 0 Å². The van der Waals surface area contributed by atoms with E-state index in [0.29, 0.717) is 0 Å². The lowest BCUT2D eigenvalue weighted by molar-refractivity contribution is -0.143. The molecule has 1 rings (SSSR count). The van der Waals surface area contributed by atoms with E-state index in [4.69, 9.17) is 5.11 Å². The Labute approximate surface area is 79.6 Å². The Morgan fingerprint density at radius 2 is 2.38 bits per heavy atom. The Bertz CT molecular complexity index is 196. The lowest BCUT2D eigenvalue weighted by Crippen LogP contribution is -2.21. The highest BCUT2D eigenvalue weighted by molar-refractivity contribution is 5.70. The molecule has 0 fully saturated rings. The van der Waals surface area contributed by atoms with E-state index in [1.807, 2.05) is 6.92 Å². The molecule has 0 aromatic rings. The average molecular weight is 182 g/mol. The van der Waals surface area contributed by atoms with Crippen LogP contribution in [0.3, 0.4) is 0 Å². The van der Waals surface area contributed by atoms with Gasteiger partial charge in [-0.1, -0.05) is 25.5 Å². The molecule has 74 valence electrons. The fourth-order valence-electron chi connectivity index (χ4n) is 2.01. The number of carboxylic acids is 1. The zero-order valence-corrected chi connectivity index (χ0v) is 8.20. The maximum atomic E-state index is 10.9. The van der Waals surface area contributed by atoms with E-state index in [9.17, 15) is 4.79 Å². The molecule has 1 aliphatic rings. The van der Waals surface area contributed by atoms with E-state index in [2.05, 4.69) is 12.2 Å². The molecule has 1 aliphatic carbocycles. The normalized spacial score (nSPS) is 25.2. The molecule has 0 bridgehead atoms. The van der Waals surface area contributed by atoms with Gasteiger partial charge in [-0.15, -0.1) is 0 Å². The van der Waals surface area contributed by atoms with Crippen molar-refractivity contribution < 1.29 is 9.90 Å². The number of rotatable bonds is 3. The number of allylic oxidation sites excluding steroid dienone is 2. The molecule has 0 radical (unpaired) electrons. The van der Waals surface area contributed by atoms with Crippen LogP contribution in [0.25, 0.3) is 0 Å². The summed E-state index contributed by atoms with van der Waals surface area (Å²) in [5.74, 6) is -0.543. The van der Waals surface area contributed by atoms with Crippen LogP contribution in [0.1, 0.15) is 39.0 Å². The maximum absolute atomic E-state index is 10.9. The summed E-state index contributed by atoms with van der Waals surface area (Å²) >= 11 is 0. The van der Waals surface area contributed by atoms with E-state index in [1.54, 1.807) is 0 Å². The molecule has 0 spiro atoms. The molecule has 2 heteroatoms. The molecule has 0 saturated heterocycles. The summed E-state index contributed by atoms with van der Waals surface area (Å²) in [4.78, 5) is 10.9. The fraction of sp³-hybridized carbons (Fsp3) is 0.727. The Balaban J connectivity index is 2.60. The second-order valence-corrected chi connectivity index (χ2v) is 3.73. The predicted octanol–water partition coefficient (Wildman–Crippen LogP) is 2.84. The minimum Gasteiger partial charge on any atom is -0.481 e. The lowest BCUT2D eigenvalue weighted by atomic mass is 9.87. The van der Waals surface area contributed by atoms with Gasteiger partial charge in [0.2, 0.25) is 0 Å². The minimum atomic E-state index is -0.640. The molecular weight excluding hydrogens is 164 g/mol. The monoisotopic (exact) mass is 182 g/mol. The zero-order chi connectivity index (χ0) is 9.68. The molecule has 0 aliphatic heterocycles. The fourth-order valence-corrected chi connectivity index (χ4v) is 2.01. The van der Waals surface area contributed by atoms with Crippen LogP contribution in [0, 0.1) is 11.8 Å². The number of hydrogen-bond donors (Lipinski definition) is 1. The predicted molar refractivity (Wildman–Crippen MR) is 52.5 cm³/mol. The third-order valence-electron chi connectivity index (χ3n) is 2.82. The van der Waals surface area contributed by atoms with E-state index < -0.39 is 5.97 Å². The molecule has 0 aromatic heterocycles. The van der Waals surface area contributed by atoms with Crippen LogP contribution in [0.2, 0.25) is 0 Å². The van der Waals surface area contributed by atoms with Gasteiger partial charge in [0.1, 0.15) is 0 Å². The van der Waals surface area contributed by atoms with Gasteiger partial charge >= 0.3 is 5.97 Å². The number of carbonyl (C=O) groups is 1. The van der Waals surface area contributed by atoms with E-state index in [1.165, 1.54) is 12.8 Å². The highest BCUT2D eigenvalue weighted by Gasteiger charge is 2.24. The molecular formula is C11H18O2. The van der Waals surface area contributed by atoms with Gasteiger partial charge in [0.05, 0.1) is 5.92 Å². The molecule has 13 heavy (non-hydrogen) atoms. The van der Waals surface area contributed by atoms with Gasteiger partial charge in [0.15, 0.2) is 0 Å². The molecule has 0 heterocycles. The van der Waals surface area contributed by atoms with Gasteiger partial charge in [-0.25, -0.2) is 0 Å². The van der Waals surface area contributed by atoms with Crippen molar-refractivity contribution in [2.45, 2.75) is 39.0 Å². The van der Waals surface area contributed by atoms with Crippen molar-refractivity contribution in [2.24, 2.45) is 11.8 Å². The second-order valence-electron chi connectivity index (χ2n) is 3.73. The maximum Gasteiger partial charge on any atom is 0.307 e. The van der Waals surface area contributed by atoms with Crippen molar-refractivity contribution in [1.82, 2.24) is 0 Å². The largest absolute Gasteiger partial charge is 0.481 e. The topological polar surface area (TPSA) is 37.3 Å². The first kappa shape index (κ1) is 10.3. The van der Waals surface area contributed by atoms with Gasteiger partial charge in [-0.2, -0.15) is 0 Å². The third-order valence-corrected chi connectivity index (χ3v) is 2.82. The number of aliphatic carboxylic acids is 1. The summed E-state index contributed by atoms with van der Waals surface area (Å²) in [5, 5.41) is 8.98. The van der Waals surface area contributed by atoms with Gasteiger partial charge in [0, 0.05) is 0 Å². The average Bonchev–Trinajstić information content (AvgIpc) is 2.33. The summed E-state index contributed by atoms with van der Waals surface area (Å²) in [6, 6.07) is 0. The van der Waals surface area contributed by atoms with Gasteiger partial charge in [-0.05, 0) is 31.6 Å². The summed E-state index contributed by atoms with van der Waals surface area (Å²) in [7, 11) is 0. The number of carboxylic acid groups (broad SMARTS) is 1. The molecule has 2 nitrogen and oxygen atoms in total. The van der Waals surface area contributed by atoms with Crippen LogP contribution in [0.15, 0.2) is 12.2 Å². The summed E-state index contributed by atoms with van der Waals surface area (Å²) in [5.41, 5.74) is 0. The van der Waals surface area contributed by atoms with Gasteiger partial charge in [0.25, 0.3) is 0 Å². The number of hydrogen-bond acceptors (Lipinski definition) is 1. The van der Waals surface area contributed by atoms with Crippen molar-refractivity contribution in [2.75, 3.05) is 0 Å². The van der Waals surface area contributed by atoms with E-state index >= 15 is 0 Å². The van der Waals surface area contributed by atoms with Gasteiger partial charge in [-0.3, -0.25) is 4.79 Å². The zero-order valence-electron chi connectivity index (χ0n) is 8.20. The van der Waals surface area contributed by atoms with Crippen molar-refractivity contribution in [1.29, 1.82) is 0 Å². The molecule has 0 aromatic carbocycles. The first-order valence-electron chi connectivity index (χ1n) is 5.15. The highest BCUT2D eigenvalue weighted by atomic mass is 16.4. The summed E-state index contributed by atoms with van der Waals surface area (Å²) in [6.07, 6.45) is 9.53. The second kappa shape index (κ2) is 5.05. The Morgan fingerprint density at radius 1 is 1.62 bits per heavy atom. The van der Waals surface area contributed by atoms with Crippen LogP contribution < -0.4 is 0 Å². The first-order chi connectivity index (χ1) is 6.25. The molecule has 2 atom stereocenters. The van der Waals surface area contributed by atoms with Crippen molar-refractivity contribution in [3.05, 3.63) is 12.2 Å². The van der Waals surface area contributed by atoms with Crippen molar-refractivity contribution in [3.63, 3.8) is 0 Å². The molecule has 0 saturated carbocycles. The summed E-state index contributed by atoms with van der Waals surface area (Å²) < 4.78 is 0. The molecule has 0 amide bonds. The minimum absolute atomic E-state index is 0.172. The molecule has 1 N–H and O–H groups in total. The lowest BCUT2D eigenvalue weighted by Gasteiger charge is -2.18. The van der Waals surface area contributed by atoms with E-state index in [-0.39, 0.29) is 11.8 Å². The molecule has 2 unspecified atom stereocenters. The Kier molecular flexibility index (Phi) is 4.00.